The van der Waals surface area contributed by atoms with Gasteiger partial charge in [-0.05, 0) is 24.8 Å². The van der Waals surface area contributed by atoms with Gasteiger partial charge in [0.2, 0.25) is 6.69 Å². The van der Waals surface area contributed by atoms with E-state index >= 15 is 0 Å². The number of rotatable bonds is 30. The first-order valence-electron chi connectivity index (χ1n) is 16.0. The van der Waals surface area contributed by atoms with Crippen LogP contribution >= 0.6 is 34.8 Å². The molecule has 0 heterocycles. The van der Waals surface area contributed by atoms with E-state index in [-0.39, 0.29) is 0 Å². The van der Waals surface area contributed by atoms with Crippen LogP contribution in [-0.2, 0) is 0 Å². The Labute approximate surface area is 238 Å². The third kappa shape index (κ3) is 35.1. The monoisotopic (exact) mass is 566 g/mol. The molecule has 0 saturated carbocycles. The van der Waals surface area contributed by atoms with Gasteiger partial charge in [0.15, 0.2) is 0 Å². The van der Waals surface area contributed by atoms with Crippen LogP contribution in [0.15, 0.2) is 0 Å². The summed E-state index contributed by atoms with van der Waals surface area (Å²) in [6.45, 7) is 0.202. The normalized spacial score (nSPS) is 12.0. The fourth-order valence-electron chi connectivity index (χ4n) is 5.14. The first kappa shape index (κ1) is 36.1. The van der Waals surface area contributed by atoms with Crippen LogP contribution < -0.4 is 0 Å². The van der Waals surface area contributed by atoms with E-state index in [1.165, 1.54) is 180 Å². The van der Waals surface area contributed by atoms with Crippen molar-refractivity contribution < 1.29 is 0 Å². The molecule has 0 atom stereocenters. The Morgan fingerprint density at radius 3 is 0.686 bits per heavy atom. The minimum Gasteiger partial charge on any atom is -0.179 e. The Bertz CT molecular complexity index is 387. The Hall–Kier alpha value is 1.15. The molecular weight excluding hydrogens is 503 g/mol. The summed E-state index contributed by atoms with van der Waals surface area (Å²) in [6.07, 6.45) is 40.2. The van der Waals surface area contributed by atoms with Gasteiger partial charge < -0.3 is 0 Å². The smallest absolute Gasteiger partial charge is 0.179 e. The van der Waals surface area contributed by atoms with Crippen molar-refractivity contribution in [1.29, 1.82) is 0 Å². The zero-order chi connectivity index (χ0) is 25.7. The van der Waals surface area contributed by atoms with Gasteiger partial charge in [-0.3, -0.25) is 0 Å². The van der Waals surface area contributed by atoms with E-state index in [0.29, 0.717) is 0 Å². The number of hydrogen-bond donors (Lipinski definition) is 1. The van der Waals surface area contributed by atoms with Crippen molar-refractivity contribution in [2.45, 2.75) is 192 Å². The predicted molar refractivity (Wildman–Crippen MR) is 171 cm³/mol. The Balaban J connectivity index is 3.03. The van der Waals surface area contributed by atoms with E-state index in [1.807, 2.05) is 6.55 Å². The van der Waals surface area contributed by atoms with Crippen LogP contribution in [0.2, 0.25) is 12.6 Å². The summed E-state index contributed by atoms with van der Waals surface area (Å²) in [5.74, 6) is 1.06. The quantitative estimate of drug-likeness (QED) is 0.0379. The Morgan fingerprint density at radius 2 is 0.514 bits per heavy atom. The summed E-state index contributed by atoms with van der Waals surface area (Å²) < 4.78 is 0. The maximum Gasteiger partial charge on any atom is 0.248 e. The van der Waals surface area contributed by atoms with Gasteiger partial charge in [-0.15, -0.1) is 22.2 Å². The van der Waals surface area contributed by atoms with Crippen LogP contribution in [0, 0.1) is 0 Å². The molecule has 0 amide bonds. The third-order valence-corrected chi connectivity index (χ3v) is 10.2. The molecule has 0 spiro atoms. The average molecular weight is 568 g/mol. The van der Waals surface area contributed by atoms with Crippen molar-refractivity contribution >= 4 is 41.5 Å². The standard InChI is InChI=1S/C31H64Cl2SSi/c1-35(32,33)31-29-27-25-23-21-19-17-15-13-11-9-7-5-3-2-4-6-8-10-12-14-16-18-20-22-24-26-28-30-34/h34H,2-31H2,1H3. The molecule has 0 N–H and O–H groups in total. The Morgan fingerprint density at radius 1 is 0.343 bits per heavy atom. The third-order valence-electron chi connectivity index (χ3n) is 7.52. The average Bonchev–Trinajstić information content (AvgIpc) is 2.82. The number of thiol groups is 1. The highest BCUT2D eigenvalue weighted by Crippen LogP contribution is 2.23. The predicted octanol–water partition coefficient (Wildman–Crippen LogP) is 13.4. The highest BCUT2D eigenvalue weighted by molar-refractivity contribution is 7.80. The van der Waals surface area contributed by atoms with Gasteiger partial charge in [-0.2, -0.15) is 12.6 Å². The van der Waals surface area contributed by atoms with Crippen LogP contribution in [0.3, 0.4) is 0 Å². The second-order valence-corrected chi connectivity index (χ2v) is 20.1. The molecule has 0 aliphatic heterocycles. The molecule has 212 valence electrons. The molecule has 35 heavy (non-hydrogen) atoms. The fourth-order valence-corrected chi connectivity index (χ4v) is 7.04. The minimum absolute atomic E-state index is 1.06. The minimum atomic E-state index is -1.84. The second kappa shape index (κ2) is 29.7. The van der Waals surface area contributed by atoms with Crippen molar-refractivity contribution in [3.05, 3.63) is 0 Å². The van der Waals surface area contributed by atoms with Gasteiger partial charge in [0, 0.05) is 0 Å². The zero-order valence-electron chi connectivity index (χ0n) is 23.9. The maximum absolute atomic E-state index is 6.15. The summed E-state index contributed by atoms with van der Waals surface area (Å²) in [5.41, 5.74) is 0. The number of hydrogen-bond acceptors (Lipinski definition) is 1. The van der Waals surface area contributed by atoms with Gasteiger partial charge in [0.1, 0.15) is 0 Å². The molecule has 0 aromatic heterocycles. The zero-order valence-corrected chi connectivity index (χ0v) is 27.3. The topological polar surface area (TPSA) is 0 Å². The molecule has 0 bridgehead atoms. The summed E-state index contributed by atoms with van der Waals surface area (Å²) in [5, 5.41) is 0. The molecule has 0 unspecified atom stereocenters. The lowest BCUT2D eigenvalue weighted by molar-refractivity contribution is 0.514. The van der Waals surface area contributed by atoms with E-state index in [0.717, 1.165) is 11.8 Å². The van der Waals surface area contributed by atoms with Gasteiger partial charge >= 0.3 is 0 Å². The summed E-state index contributed by atoms with van der Waals surface area (Å²) in [7, 11) is 0. The summed E-state index contributed by atoms with van der Waals surface area (Å²) in [4.78, 5) is 0. The van der Waals surface area contributed by atoms with E-state index in [9.17, 15) is 0 Å². The molecule has 0 radical (unpaired) electrons. The van der Waals surface area contributed by atoms with Gasteiger partial charge in [-0.25, -0.2) is 0 Å². The lowest BCUT2D eigenvalue weighted by Crippen LogP contribution is -2.11. The molecular formula is C31H64Cl2SSi. The molecule has 0 aromatic rings. The largest absolute Gasteiger partial charge is 0.248 e. The Kier molecular flexibility index (Phi) is 30.7. The van der Waals surface area contributed by atoms with Gasteiger partial charge in [-0.1, -0.05) is 173 Å². The van der Waals surface area contributed by atoms with Crippen molar-refractivity contribution in [2.75, 3.05) is 5.75 Å². The van der Waals surface area contributed by atoms with Crippen molar-refractivity contribution in [2.24, 2.45) is 0 Å². The summed E-state index contributed by atoms with van der Waals surface area (Å²) >= 11 is 16.6. The molecule has 0 nitrogen and oxygen atoms in total. The maximum atomic E-state index is 6.15. The van der Waals surface area contributed by atoms with Gasteiger partial charge in [0.05, 0.1) is 0 Å². The van der Waals surface area contributed by atoms with E-state index < -0.39 is 6.69 Å². The van der Waals surface area contributed by atoms with Crippen LogP contribution in [0.1, 0.15) is 180 Å². The van der Waals surface area contributed by atoms with Crippen molar-refractivity contribution in [1.82, 2.24) is 0 Å². The second-order valence-electron chi connectivity index (χ2n) is 11.4. The van der Waals surface area contributed by atoms with Crippen LogP contribution in [-0.4, -0.2) is 12.4 Å². The lowest BCUT2D eigenvalue weighted by atomic mass is 10.0. The molecule has 0 fully saturated rings. The van der Waals surface area contributed by atoms with Gasteiger partial charge in [0.25, 0.3) is 0 Å². The lowest BCUT2D eigenvalue weighted by Gasteiger charge is -2.09. The van der Waals surface area contributed by atoms with Crippen LogP contribution in [0.5, 0.6) is 0 Å². The van der Waals surface area contributed by atoms with E-state index in [2.05, 4.69) is 12.6 Å². The number of unbranched alkanes of at least 4 members (excludes halogenated alkanes) is 27. The molecule has 0 saturated heterocycles. The van der Waals surface area contributed by atoms with Crippen molar-refractivity contribution in [3.63, 3.8) is 0 Å². The molecule has 0 aromatic carbocycles. The molecule has 4 heteroatoms. The highest BCUT2D eigenvalue weighted by atomic mass is 35.7. The molecule has 0 rings (SSSR count). The summed E-state index contributed by atoms with van der Waals surface area (Å²) in [6, 6.07) is 1.06. The first-order chi connectivity index (χ1) is 17.1. The van der Waals surface area contributed by atoms with E-state index in [4.69, 9.17) is 22.2 Å². The van der Waals surface area contributed by atoms with Crippen LogP contribution in [0.25, 0.3) is 0 Å². The fraction of sp³-hybridized carbons (Fsp3) is 1.00. The van der Waals surface area contributed by atoms with Crippen molar-refractivity contribution in [3.8, 4) is 0 Å². The van der Waals surface area contributed by atoms with E-state index in [1.54, 1.807) is 0 Å². The SMILES string of the molecule is C[Si](Cl)(Cl)CCCCCCCCCCCCCCCCCCCCCCCCCCCCCCS. The first-order valence-corrected chi connectivity index (χ1v) is 21.4. The number of halogens is 2. The highest BCUT2D eigenvalue weighted by Gasteiger charge is 2.19. The molecule has 0 aliphatic carbocycles. The molecule has 0 aliphatic rings. The van der Waals surface area contributed by atoms with Crippen LogP contribution in [0.4, 0.5) is 0 Å².